The van der Waals surface area contributed by atoms with Gasteiger partial charge in [0.05, 0.1) is 0 Å². The monoisotopic (exact) mass is 571 g/mol. The Hall–Kier alpha value is -2.99. The van der Waals surface area contributed by atoms with Crippen LogP contribution in [-0.4, -0.2) is 9.67 Å². The van der Waals surface area contributed by atoms with Crippen LogP contribution in [-0.2, 0) is 5.60 Å². The molecule has 0 fully saturated rings. The number of fused-ring (bicyclic) bond motifs is 3. The lowest BCUT2D eigenvalue weighted by Gasteiger charge is -2.30. The van der Waals surface area contributed by atoms with Gasteiger partial charge in [0.25, 0.3) is 0 Å². The molecule has 166 valence electrons. The molecular formula is C29H21Br2N2O+. The Morgan fingerprint density at radius 1 is 0.735 bits per heavy atom. The minimum atomic E-state index is -1.24. The van der Waals surface area contributed by atoms with E-state index in [9.17, 15) is 5.11 Å². The van der Waals surface area contributed by atoms with Crippen LogP contribution in [0.5, 0.6) is 0 Å². The van der Waals surface area contributed by atoms with E-state index in [2.05, 4.69) is 83.6 Å². The van der Waals surface area contributed by atoms with Crippen LogP contribution in [0, 0.1) is 0 Å². The number of para-hydroxylation sites is 3. The van der Waals surface area contributed by atoms with Crippen LogP contribution in [0.2, 0.25) is 0 Å². The second-order valence-corrected chi connectivity index (χ2v) is 10.4. The van der Waals surface area contributed by atoms with Gasteiger partial charge in [-0.3, -0.25) is 0 Å². The van der Waals surface area contributed by atoms with Gasteiger partial charge >= 0.3 is 5.82 Å². The van der Waals surface area contributed by atoms with Crippen LogP contribution >= 0.6 is 31.9 Å². The van der Waals surface area contributed by atoms with Gasteiger partial charge in [-0.25, -0.2) is 0 Å². The molecule has 0 amide bonds. The molecule has 1 N–H and O–H groups in total. The maximum absolute atomic E-state index is 12.6. The van der Waals surface area contributed by atoms with Crippen molar-refractivity contribution in [2.75, 3.05) is 0 Å². The van der Waals surface area contributed by atoms with Crippen molar-refractivity contribution in [3.05, 3.63) is 129 Å². The number of aromatic nitrogens is 2. The molecule has 1 atom stereocenters. The number of benzene rings is 4. The molecule has 5 heteroatoms. The van der Waals surface area contributed by atoms with Crippen LogP contribution in [0.25, 0.3) is 28.5 Å². The third kappa shape index (κ3) is 3.47. The molecule has 0 aliphatic carbocycles. The van der Waals surface area contributed by atoms with Crippen LogP contribution in [0.1, 0.15) is 23.4 Å². The molecule has 0 saturated heterocycles. The summed E-state index contributed by atoms with van der Waals surface area (Å²) in [6.45, 7) is 0. The van der Waals surface area contributed by atoms with E-state index in [4.69, 9.17) is 0 Å². The topological polar surface area (TPSA) is 29.0 Å². The van der Waals surface area contributed by atoms with E-state index in [1.807, 2.05) is 66.7 Å². The van der Waals surface area contributed by atoms with Crippen molar-refractivity contribution in [1.29, 1.82) is 0 Å². The maximum Gasteiger partial charge on any atom is 0.304 e. The first kappa shape index (κ1) is 21.5. The van der Waals surface area contributed by atoms with Crippen LogP contribution in [0.15, 0.2) is 112 Å². The second kappa shape index (κ2) is 8.35. The largest absolute Gasteiger partial charge is 0.373 e. The van der Waals surface area contributed by atoms with Gasteiger partial charge in [0.1, 0.15) is 11.9 Å². The van der Waals surface area contributed by atoms with Crippen LogP contribution < -0.4 is 4.57 Å². The predicted molar refractivity (Wildman–Crippen MR) is 144 cm³/mol. The van der Waals surface area contributed by atoms with Crippen molar-refractivity contribution in [2.24, 2.45) is 0 Å². The zero-order chi connectivity index (χ0) is 23.3. The molecule has 0 radical (unpaired) electrons. The average molecular weight is 573 g/mol. The molecule has 1 aromatic heterocycles. The van der Waals surface area contributed by atoms with Gasteiger partial charge in [0, 0.05) is 20.9 Å². The Bertz CT molecular complexity index is 1540. The molecule has 2 heterocycles. The molecule has 34 heavy (non-hydrogen) atoms. The summed E-state index contributed by atoms with van der Waals surface area (Å²) >= 11 is 7.09. The summed E-state index contributed by atoms with van der Waals surface area (Å²) in [7, 11) is 0. The van der Waals surface area contributed by atoms with Crippen molar-refractivity contribution < 1.29 is 9.67 Å². The normalized spacial score (nSPS) is 17.4. The zero-order valence-corrected chi connectivity index (χ0v) is 21.4. The SMILES string of the molecule is OC1(c2ccc(Br)cc2)CC(c2ccc(Br)cc2)=C[n+]2c1n(-c1ccccc1)c1ccccc12. The van der Waals surface area contributed by atoms with Crippen LogP contribution in [0.4, 0.5) is 0 Å². The third-order valence-corrected chi connectivity index (χ3v) is 7.53. The number of imidazole rings is 1. The molecule has 0 spiro atoms. The van der Waals surface area contributed by atoms with Crippen molar-refractivity contribution in [3.8, 4) is 5.69 Å². The van der Waals surface area contributed by atoms with Gasteiger partial charge in [-0.1, -0.05) is 86.5 Å². The summed E-state index contributed by atoms with van der Waals surface area (Å²) in [5.74, 6) is 0.822. The zero-order valence-electron chi connectivity index (χ0n) is 18.2. The standard InChI is InChI=1S/C29H21Br2N2O/c30-23-14-10-20(11-15-23)21-18-29(34,22-12-16-24(31)17-13-22)28-32(19-21)26-8-4-5-9-27(26)33(28)25-6-2-1-3-7-25/h1-17,19,34H,18H2/q+1. The van der Waals surface area contributed by atoms with Gasteiger partial charge in [-0.05, 0) is 59.7 Å². The predicted octanol–water partition coefficient (Wildman–Crippen LogP) is 7.08. The molecule has 1 unspecified atom stereocenters. The first-order chi connectivity index (χ1) is 16.5. The third-order valence-electron chi connectivity index (χ3n) is 6.47. The number of aliphatic hydroxyl groups is 1. The van der Waals surface area contributed by atoms with Gasteiger partial charge < -0.3 is 5.11 Å². The minimum absolute atomic E-state index is 0.458. The highest BCUT2D eigenvalue weighted by Crippen LogP contribution is 2.43. The fraction of sp³-hybridized carbons (Fsp3) is 0.0690. The summed E-state index contributed by atoms with van der Waals surface area (Å²) in [5.41, 5.74) is 4.89. The van der Waals surface area contributed by atoms with E-state index < -0.39 is 5.60 Å². The molecular weight excluding hydrogens is 552 g/mol. The Balaban J connectivity index is 1.71. The fourth-order valence-electron chi connectivity index (χ4n) is 4.90. The highest BCUT2D eigenvalue weighted by molar-refractivity contribution is 9.10. The summed E-state index contributed by atoms with van der Waals surface area (Å²) in [5, 5.41) is 12.6. The first-order valence-corrected chi connectivity index (χ1v) is 12.7. The Morgan fingerprint density at radius 3 is 2.06 bits per heavy atom. The number of nitrogens with zero attached hydrogens (tertiary/aromatic N) is 2. The number of hydrogen-bond acceptors (Lipinski definition) is 1. The Kier molecular flexibility index (Phi) is 5.29. The van der Waals surface area contributed by atoms with Crippen molar-refractivity contribution in [3.63, 3.8) is 0 Å². The van der Waals surface area contributed by atoms with E-state index >= 15 is 0 Å². The Morgan fingerprint density at radius 2 is 1.35 bits per heavy atom. The van der Waals surface area contributed by atoms with E-state index in [1.165, 1.54) is 0 Å². The van der Waals surface area contributed by atoms with Crippen molar-refractivity contribution >= 4 is 54.7 Å². The quantitative estimate of drug-likeness (QED) is 0.230. The smallest absolute Gasteiger partial charge is 0.304 e. The summed E-state index contributed by atoms with van der Waals surface area (Å²) < 4.78 is 6.36. The molecule has 0 saturated carbocycles. The van der Waals surface area contributed by atoms with Crippen LogP contribution in [0.3, 0.4) is 0 Å². The maximum atomic E-state index is 12.6. The second-order valence-electron chi connectivity index (χ2n) is 8.56. The van der Waals surface area contributed by atoms with Gasteiger partial charge in [-0.2, -0.15) is 9.13 Å². The molecule has 3 nitrogen and oxygen atoms in total. The highest BCUT2D eigenvalue weighted by atomic mass is 79.9. The molecule has 1 aliphatic rings. The van der Waals surface area contributed by atoms with Gasteiger partial charge in [0.15, 0.2) is 16.6 Å². The molecule has 1 aliphatic heterocycles. The number of rotatable bonds is 3. The summed E-state index contributed by atoms with van der Waals surface area (Å²) in [4.78, 5) is 0. The number of halogens is 2. The van der Waals surface area contributed by atoms with E-state index in [0.717, 1.165) is 48.2 Å². The molecule has 0 bridgehead atoms. The first-order valence-electron chi connectivity index (χ1n) is 11.1. The van der Waals surface area contributed by atoms with Crippen molar-refractivity contribution in [2.45, 2.75) is 12.0 Å². The van der Waals surface area contributed by atoms with E-state index in [-0.39, 0.29) is 0 Å². The lowest BCUT2D eigenvalue weighted by molar-refractivity contribution is -0.561. The summed E-state index contributed by atoms with van der Waals surface area (Å²) in [6.07, 6.45) is 2.63. The molecule has 6 rings (SSSR count). The fourth-order valence-corrected chi connectivity index (χ4v) is 5.43. The molecule has 4 aromatic carbocycles. The van der Waals surface area contributed by atoms with Gasteiger partial charge in [0.2, 0.25) is 0 Å². The Labute approximate surface area is 214 Å². The van der Waals surface area contributed by atoms with Gasteiger partial charge in [-0.15, -0.1) is 0 Å². The van der Waals surface area contributed by atoms with Crippen molar-refractivity contribution in [1.82, 2.24) is 4.57 Å². The summed E-state index contributed by atoms with van der Waals surface area (Å²) in [6, 6.07) is 34.9. The number of hydrogen-bond donors (Lipinski definition) is 1. The average Bonchev–Trinajstić information content (AvgIpc) is 3.21. The van der Waals surface area contributed by atoms with E-state index in [1.54, 1.807) is 0 Å². The minimum Gasteiger partial charge on any atom is -0.373 e. The van der Waals surface area contributed by atoms with E-state index in [0.29, 0.717) is 6.42 Å². The molecule has 5 aromatic rings. The lowest BCUT2D eigenvalue weighted by atomic mass is 9.82. The highest BCUT2D eigenvalue weighted by Gasteiger charge is 2.48. The lowest BCUT2D eigenvalue weighted by Crippen LogP contribution is -2.47.